The molecule has 9 aromatic rings. The summed E-state index contributed by atoms with van der Waals surface area (Å²) < 4.78 is 4.67. The highest BCUT2D eigenvalue weighted by Crippen LogP contribution is 2.39. The molecule has 7 aromatic carbocycles. The second-order valence-corrected chi connectivity index (χ2v) is 12.2. The number of benzene rings is 7. The Labute approximate surface area is 272 Å². The molecule has 0 atom stereocenters. The minimum Gasteiger partial charge on any atom is -0.309 e. The molecule has 2 aromatic heterocycles. The summed E-state index contributed by atoms with van der Waals surface area (Å²) in [6, 6.07) is 58.3. The fourth-order valence-corrected chi connectivity index (χ4v) is 7.35. The van der Waals surface area contributed by atoms with Crippen LogP contribution in [0.25, 0.3) is 77.2 Å². The molecular weight excluding hydrogens is 571 g/mol. The van der Waals surface area contributed by atoms with Gasteiger partial charge in [-0.3, -0.25) is 0 Å². The van der Waals surface area contributed by atoms with Crippen LogP contribution in [-0.4, -0.2) is 9.13 Å². The third-order valence-corrected chi connectivity index (χ3v) is 9.40. The van der Waals surface area contributed by atoms with Crippen LogP contribution < -0.4 is 0 Å². The number of aromatic nitrogens is 2. The van der Waals surface area contributed by atoms with Gasteiger partial charge in [-0.2, -0.15) is 5.26 Å². The fourth-order valence-electron chi connectivity index (χ4n) is 7.35. The summed E-state index contributed by atoms with van der Waals surface area (Å²) in [4.78, 5) is 0. The number of para-hydroxylation sites is 3. The first-order valence-electron chi connectivity index (χ1n) is 15.9. The molecule has 0 aliphatic rings. The third-order valence-electron chi connectivity index (χ3n) is 9.40. The molecular formula is C44H29N3. The van der Waals surface area contributed by atoms with E-state index in [1.165, 1.54) is 38.1 Å². The Morgan fingerprint density at radius 3 is 1.70 bits per heavy atom. The highest BCUT2D eigenvalue weighted by atomic mass is 15.0. The van der Waals surface area contributed by atoms with Crippen LogP contribution in [-0.2, 0) is 0 Å². The smallest absolute Gasteiger partial charge is 0.0998 e. The molecule has 0 spiro atoms. The molecule has 0 saturated heterocycles. The molecule has 0 amide bonds. The maximum absolute atomic E-state index is 10.4. The molecule has 220 valence electrons. The molecule has 3 nitrogen and oxygen atoms in total. The van der Waals surface area contributed by atoms with Crippen LogP contribution in [0.3, 0.4) is 0 Å². The average Bonchev–Trinajstić information content (AvgIpc) is 3.64. The van der Waals surface area contributed by atoms with Gasteiger partial charge in [-0.15, -0.1) is 0 Å². The number of nitrogens with zero attached hydrogens (tertiary/aromatic N) is 3. The van der Waals surface area contributed by atoms with E-state index < -0.39 is 0 Å². The maximum atomic E-state index is 10.4. The van der Waals surface area contributed by atoms with Crippen molar-refractivity contribution in [1.82, 2.24) is 9.13 Å². The second kappa shape index (κ2) is 10.6. The minimum absolute atomic E-state index is 0.649. The van der Waals surface area contributed by atoms with Gasteiger partial charge in [0.2, 0.25) is 0 Å². The van der Waals surface area contributed by atoms with E-state index in [2.05, 4.69) is 168 Å². The van der Waals surface area contributed by atoms with Crippen LogP contribution in [0.4, 0.5) is 0 Å². The Bertz CT molecular complexity index is 2660. The summed E-state index contributed by atoms with van der Waals surface area (Å²) in [6.45, 7) is 2.15. The Balaban J connectivity index is 1.23. The van der Waals surface area contributed by atoms with Crippen molar-refractivity contribution in [3.05, 3.63) is 169 Å². The van der Waals surface area contributed by atoms with E-state index in [-0.39, 0.29) is 0 Å². The van der Waals surface area contributed by atoms with Crippen molar-refractivity contribution in [1.29, 1.82) is 5.26 Å². The summed E-state index contributed by atoms with van der Waals surface area (Å²) in [5.74, 6) is 0. The molecule has 0 aliphatic heterocycles. The van der Waals surface area contributed by atoms with Gasteiger partial charge >= 0.3 is 0 Å². The van der Waals surface area contributed by atoms with E-state index in [9.17, 15) is 5.26 Å². The predicted molar refractivity (Wildman–Crippen MR) is 195 cm³/mol. The van der Waals surface area contributed by atoms with Gasteiger partial charge < -0.3 is 9.13 Å². The summed E-state index contributed by atoms with van der Waals surface area (Å²) in [5.41, 5.74) is 12.8. The van der Waals surface area contributed by atoms with E-state index in [4.69, 9.17) is 0 Å². The number of aryl methyl sites for hydroxylation is 1. The van der Waals surface area contributed by atoms with Crippen molar-refractivity contribution in [3.63, 3.8) is 0 Å². The zero-order valence-corrected chi connectivity index (χ0v) is 25.9. The van der Waals surface area contributed by atoms with Gasteiger partial charge in [0.25, 0.3) is 0 Å². The first-order valence-corrected chi connectivity index (χ1v) is 15.9. The Hall–Kier alpha value is -6.37. The summed E-state index contributed by atoms with van der Waals surface area (Å²) in [6.07, 6.45) is 0. The number of hydrogen-bond acceptors (Lipinski definition) is 1. The van der Waals surface area contributed by atoms with Crippen molar-refractivity contribution in [3.8, 4) is 39.7 Å². The normalized spacial score (nSPS) is 11.5. The lowest BCUT2D eigenvalue weighted by Gasteiger charge is -2.16. The van der Waals surface area contributed by atoms with Gasteiger partial charge in [0.15, 0.2) is 0 Å². The van der Waals surface area contributed by atoms with Gasteiger partial charge in [-0.1, -0.05) is 103 Å². The van der Waals surface area contributed by atoms with Gasteiger partial charge in [0, 0.05) is 32.8 Å². The molecule has 0 aliphatic carbocycles. The van der Waals surface area contributed by atoms with Crippen LogP contribution in [0.2, 0.25) is 0 Å². The third kappa shape index (κ3) is 4.20. The lowest BCUT2D eigenvalue weighted by molar-refractivity contribution is 1.18. The predicted octanol–water partition coefficient (Wildman–Crippen LogP) is 11.4. The largest absolute Gasteiger partial charge is 0.309 e. The SMILES string of the molecule is Cc1ccc2c(c1)c1ccccc1n2-c1cccc(-c2cccc(-c3c(C#N)cccc3-n3c4ccccc4c4ccccc43)c2)c1. The molecule has 2 heterocycles. The Kier molecular flexibility index (Phi) is 6.10. The van der Waals surface area contributed by atoms with Gasteiger partial charge in [-0.05, 0) is 84.3 Å². The van der Waals surface area contributed by atoms with Gasteiger partial charge in [-0.25, -0.2) is 0 Å². The van der Waals surface area contributed by atoms with Crippen LogP contribution >= 0.6 is 0 Å². The van der Waals surface area contributed by atoms with E-state index >= 15 is 0 Å². The van der Waals surface area contributed by atoms with E-state index in [0.717, 1.165) is 44.7 Å². The van der Waals surface area contributed by atoms with Gasteiger partial charge in [0.05, 0.1) is 39.4 Å². The van der Waals surface area contributed by atoms with Crippen LogP contribution in [0.15, 0.2) is 158 Å². The molecule has 9 rings (SSSR count). The minimum atomic E-state index is 0.649. The van der Waals surface area contributed by atoms with Gasteiger partial charge in [0.1, 0.15) is 0 Å². The molecule has 0 bridgehead atoms. The first kappa shape index (κ1) is 27.0. The highest BCUT2D eigenvalue weighted by molar-refractivity contribution is 6.10. The van der Waals surface area contributed by atoms with Crippen molar-refractivity contribution in [2.75, 3.05) is 0 Å². The van der Waals surface area contributed by atoms with Crippen molar-refractivity contribution in [2.45, 2.75) is 6.92 Å². The van der Waals surface area contributed by atoms with E-state index in [0.29, 0.717) is 5.56 Å². The highest BCUT2D eigenvalue weighted by Gasteiger charge is 2.19. The standard InChI is InChI=1S/C44H29N3/c1-29-23-24-42-38(25-29)37-18-4-5-19-39(37)46(42)34-15-9-12-31(27-34)30-11-8-13-32(26-30)44-33(28-45)14-10-22-43(44)47-40-20-6-2-16-35(40)36-17-3-7-21-41(36)47/h2-27H,1H3. The lowest BCUT2D eigenvalue weighted by atomic mass is 9.94. The topological polar surface area (TPSA) is 33.6 Å². The molecule has 0 saturated carbocycles. The molecule has 0 N–H and O–H groups in total. The monoisotopic (exact) mass is 599 g/mol. The maximum Gasteiger partial charge on any atom is 0.0998 e. The van der Waals surface area contributed by atoms with Crippen molar-refractivity contribution < 1.29 is 0 Å². The Morgan fingerprint density at radius 2 is 1.00 bits per heavy atom. The van der Waals surface area contributed by atoms with Crippen LogP contribution in [0.5, 0.6) is 0 Å². The van der Waals surface area contributed by atoms with E-state index in [1.54, 1.807) is 0 Å². The zero-order chi connectivity index (χ0) is 31.5. The average molecular weight is 600 g/mol. The molecule has 3 heteroatoms. The Morgan fingerprint density at radius 1 is 0.447 bits per heavy atom. The lowest BCUT2D eigenvalue weighted by Crippen LogP contribution is -1.99. The molecule has 0 unspecified atom stereocenters. The number of hydrogen-bond donors (Lipinski definition) is 0. The summed E-state index contributed by atoms with van der Waals surface area (Å²) >= 11 is 0. The quantitative estimate of drug-likeness (QED) is 0.198. The van der Waals surface area contributed by atoms with Crippen molar-refractivity contribution in [2.24, 2.45) is 0 Å². The molecule has 47 heavy (non-hydrogen) atoms. The number of fused-ring (bicyclic) bond motifs is 6. The zero-order valence-electron chi connectivity index (χ0n) is 25.9. The number of nitriles is 1. The number of rotatable bonds is 4. The van der Waals surface area contributed by atoms with Crippen LogP contribution in [0.1, 0.15) is 11.1 Å². The van der Waals surface area contributed by atoms with E-state index in [1.807, 2.05) is 12.1 Å². The van der Waals surface area contributed by atoms with Crippen molar-refractivity contribution >= 4 is 43.6 Å². The fraction of sp³-hybridized carbons (Fsp3) is 0.0227. The molecule has 0 radical (unpaired) electrons. The summed E-state index contributed by atoms with van der Waals surface area (Å²) in [5, 5.41) is 15.3. The summed E-state index contributed by atoms with van der Waals surface area (Å²) in [7, 11) is 0. The second-order valence-electron chi connectivity index (χ2n) is 12.2. The molecule has 0 fully saturated rings. The first-order chi connectivity index (χ1) is 23.2. The van der Waals surface area contributed by atoms with Crippen LogP contribution in [0, 0.1) is 18.3 Å².